The molecule has 110 valence electrons. The molecule has 0 fully saturated rings. The highest BCUT2D eigenvalue weighted by atomic mass is 16.4. The van der Waals surface area contributed by atoms with Crippen molar-refractivity contribution < 1.29 is 19.8 Å². The Bertz CT molecular complexity index is 445. The van der Waals surface area contributed by atoms with Crippen LogP contribution in [0.25, 0.3) is 0 Å². The van der Waals surface area contributed by atoms with Gasteiger partial charge in [0.15, 0.2) is 0 Å². The first-order valence-corrected chi connectivity index (χ1v) is 6.51. The van der Waals surface area contributed by atoms with E-state index in [-0.39, 0.29) is 30.8 Å². The molecule has 4 N–H and O–H groups in total. The molecule has 0 aliphatic carbocycles. The van der Waals surface area contributed by atoms with Crippen molar-refractivity contribution in [3.05, 3.63) is 29.8 Å². The van der Waals surface area contributed by atoms with Crippen LogP contribution in [0.2, 0.25) is 0 Å². The number of urea groups is 1. The lowest BCUT2D eigenvalue weighted by molar-refractivity contribution is -0.136. The average molecular weight is 280 g/mol. The summed E-state index contributed by atoms with van der Waals surface area (Å²) in [6, 6.07) is 6.57. The standard InChI is InChI=1S/C14H20N2O4/c1-10(16-14(20)15-9-8-13(18)19)2-3-11-4-6-12(17)7-5-11/h4-7,10,17H,2-3,8-9H2,1H3,(H,18,19)(H2,15,16,20). The van der Waals surface area contributed by atoms with Crippen LogP contribution in [0.1, 0.15) is 25.3 Å². The number of aryl methyl sites for hydroxylation is 1. The third-order valence-electron chi connectivity index (χ3n) is 2.80. The third-order valence-corrected chi connectivity index (χ3v) is 2.80. The van der Waals surface area contributed by atoms with Crippen LogP contribution >= 0.6 is 0 Å². The summed E-state index contributed by atoms with van der Waals surface area (Å²) in [6.07, 6.45) is 1.46. The van der Waals surface area contributed by atoms with Crippen LogP contribution in [0, 0.1) is 0 Å². The summed E-state index contributed by atoms with van der Waals surface area (Å²) in [5.41, 5.74) is 1.09. The molecule has 6 heteroatoms. The van der Waals surface area contributed by atoms with E-state index < -0.39 is 5.97 Å². The summed E-state index contributed by atoms with van der Waals surface area (Å²) >= 11 is 0. The van der Waals surface area contributed by atoms with Gasteiger partial charge in [-0.15, -0.1) is 0 Å². The van der Waals surface area contributed by atoms with E-state index in [0.29, 0.717) is 0 Å². The van der Waals surface area contributed by atoms with Gasteiger partial charge in [-0.2, -0.15) is 0 Å². The predicted octanol–water partition coefficient (Wildman–Crippen LogP) is 1.49. The lowest BCUT2D eigenvalue weighted by Crippen LogP contribution is -2.41. The number of amides is 2. The molecular weight excluding hydrogens is 260 g/mol. The Morgan fingerprint density at radius 1 is 1.25 bits per heavy atom. The smallest absolute Gasteiger partial charge is 0.315 e. The van der Waals surface area contributed by atoms with Crippen LogP contribution in [0.5, 0.6) is 5.75 Å². The van der Waals surface area contributed by atoms with Gasteiger partial charge in [-0.05, 0) is 37.5 Å². The van der Waals surface area contributed by atoms with Crippen molar-refractivity contribution in [1.82, 2.24) is 10.6 Å². The highest BCUT2D eigenvalue weighted by Gasteiger charge is 2.07. The zero-order valence-corrected chi connectivity index (χ0v) is 11.4. The van der Waals surface area contributed by atoms with E-state index in [9.17, 15) is 9.59 Å². The SMILES string of the molecule is CC(CCc1ccc(O)cc1)NC(=O)NCCC(=O)O. The molecule has 1 aromatic carbocycles. The number of carboxylic acid groups (broad SMARTS) is 1. The van der Waals surface area contributed by atoms with Crippen molar-refractivity contribution in [2.75, 3.05) is 6.54 Å². The summed E-state index contributed by atoms with van der Waals surface area (Å²) in [7, 11) is 0. The number of hydrogen-bond acceptors (Lipinski definition) is 3. The van der Waals surface area contributed by atoms with Gasteiger partial charge < -0.3 is 20.8 Å². The predicted molar refractivity (Wildman–Crippen MR) is 74.7 cm³/mol. The molecule has 20 heavy (non-hydrogen) atoms. The van der Waals surface area contributed by atoms with Gasteiger partial charge >= 0.3 is 12.0 Å². The van der Waals surface area contributed by atoms with Crippen LogP contribution in [-0.4, -0.2) is 34.8 Å². The molecule has 0 saturated carbocycles. The number of phenolic OH excluding ortho intramolecular Hbond substituents is 1. The van der Waals surface area contributed by atoms with E-state index in [1.165, 1.54) is 0 Å². The number of hydrogen-bond donors (Lipinski definition) is 4. The number of carbonyl (C=O) groups is 2. The molecule has 1 rings (SSSR count). The molecule has 0 radical (unpaired) electrons. The lowest BCUT2D eigenvalue weighted by atomic mass is 10.1. The number of carbonyl (C=O) groups excluding carboxylic acids is 1. The molecule has 0 spiro atoms. The highest BCUT2D eigenvalue weighted by Crippen LogP contribution is 2.11. The van der Waals surface area contributed by atoms with Crippen LogP contribution in [-0.2, 0) is 11.2 Å². The second-order valence-corrected chi connectivity index (χ2v) is 4.65. The number of benzene rings is 1. The first-order chi connectivity index (χ1) is 9.47. The fourth-order valence-corrected chi connectivity index (χ4v) is 1.68. The Kier molecular flexibility index (Phi) is 6.36. The van der Waals surface area contributed by atoms with Crippen LogP contribution in [0.3, 0.4) is 0 Å². The first kappa shape index (κ1) is 15.8. The molecule has 6 nitrogen and oxygen atoms in total. The zero-order chi connectivity index (χ0) is 15.0. The van der Waals surface area contributed by atoms with Gasteiger partial charge in [-0.1, -0.05) is 12.1 Å². The third kappa shape index (κ3) is 6.63. The molecule has 0 aromatic heterocycles. The van der Waals surface area contributed by atoms with Crippen molar-refractivity contribution in [2.45, 2.75) is 32.2 Å². The molecule has 0 aliphatic rings. The van der Waals surface area contributed by atoms with E-state index in [1.807, 2.05) is 19.1 Å². The zero-order valence-electron chi connectivity index (χ0n) is 11.4. The minimum absolute atomic E-state index is 0.0198. The van der Waals surface area contributed by atoms with E-state index >= 15 is 0 Å². The second kappa shape index (κ2) is 8.04. The van der Waals surface area contributed by atoms with Gasteiger partial charge in [0.05, 0.1) is 6.42 Å². The van der Waals surface area contributed by atoms with E-state index in [2.05, 4.69) is 10.6 Å². The number of phenols is 1. The largest absolute Gasteiger partial charge is 0.508 e. The Morgan fingerprint density at radius 2 is 1.90 bits per heavy atom. The van der Waals surface area contributed by atoms with E-state index in [1.54, 1.807) is 12.1 Å². The Hall–Kier alpha value is -2.24. The quantitative estimate of drug-likeness (QED) is 0.608. The molecular formula is C14H20N2O4. The van der Waals surface area contributed by atoms with Gasteiger partial charge in [-0.3, -0.25) is 4.79 Å². The summed E-state index contributed by atoms with van der Waals surface area (Å²) < 4.78 is 0. The van der Waals surface area contributed by atoms with Crippen LogP contribution in [0.15, 0.2) is 24.3 Å². The lowest BCUT2D eigenvalue weighted by Gasteiger charge is -2.14. The van der Waals surface area contributed by atoms with Gasteiger partial charge in [0.1, 0.15) is 5.75 Å². The minimum Gasteiger partial charge on any atom is -0.508 e. The maximum absolute atomic E-state index is 11.4. The first-order valence-electron chi connectivity index (χ1n) is 6.51. The normalized spacial score (nSPS) is 11.7. The van der Waals surface area contributed by atoms with E-state index in [0.717, 1.165) is 18.4 Å². The monoisotopic (exact) mass is 280 g/mol. The fraction of sp³-hybridized carbons (Fsp3) is 0.429. The van der Waals surface area contributed by atoms with Gasteiger partial charge in [-0.25, -0.2) is 4.79 Å². The molecule has 0 bridgehead atoms. The Morgan fingerprint density at radius 3 is 2.50 bits per heavy atom. The van der Waals surface area contributed by atoms with Crippen molar-refractivity contribution >= 4 is 12.0 Å². The number of aromatic hydroxyl groups is 1. The van der Waals surface area contributed by atoms with Gasteiger partial charge in [0.25, 0.3) is 0 Å². The number of rotatable bonds is 7. The summed E-state index contributed by atoms with van der Waals surface area (Å²) in [5.74, 6) is -0.705. The maximum Gasteiger partial charge on any atom is 0.315 e. The molecule has 1 aromatic rings. The molecule has 1 atom stereocenters. The molecule has 0 saturated heterocycles. The molecule has 0 aliphatic heterocycles. The van der Waals surface area contributed by atoms with E-state index in [4.69, 9.17) is 10.2 Å². The average Bonchev–Trinajstić information content (AvgIpc) is 2.37. The highest BCUT2D eigenvalue weighted by molar-refractivity contribution is 5.75. The molecule has 0 heterocycles. The van der Waals surface area contributed by atoms with Crippen molar-refractivity contribution in [2.24, 2.45) is 0 Å². The van der Waals surface area contributed by atoms with Crippen molar-refractivity contribution in [3.8, 4) is 5.75 Å². The number of aliphatic carboxylic acids is 1. The van der Waals surface area contributed by atoms with Crippen LogP contribution < -0.4 is 10.6 Å². The minimum atomic E-state index is -0.939. The summed E-state index contributed by atoms with van der Waals surface area (Å²) in [6.45, 7) is 2.00. The number of nitrogens with one attached hydrogen (secondary N) is 2. The second-order valence-electron chi connectivity index (χ2n) is 4.65. The fourth-order valence-electron chi connectivity index (χ4n) is 1.68. The van der Waals surface area contributed by atoms with Crippen molar-refractivity contribution in [3.63, 3.8) is 0 Å². The van der Waals surface area contributed by atoms with Crippen molar-refractivity contribution in [1.29, 1.82) is 0 Å². The summed E-state index contributed by atoms with van der Waals surface area (Å²) in [5, 5.41) is 22.8. The molecule has 1 unspecified atom stereocenters. The Labute approximate surface area is 117 Å². The maximum atomic E-state index is 11.4. The Balaban J connectivity index is 2.22. The topological polar surface area (TPSA) is 98.7 Å². The molecule has 2 amide bonds. The van der Waals surface area contributed by atoms with Gasteiger partial charge in [0, 0.05) is 12.6 Å². The van der Waals surface area contributed by atoms with Gasteiger partial charge in [0.2, 0.25) is 0 Å². The van der Waals surface area contributed by atoms with Crippen LogP contribution in [0.4, 0.5) is 4.79 Å². The summed E-state index contributed by atoms with van der Waals surface area (Å²) in [4.78, 5) is 21.7. The number of carboxylic acids is 1.